The maximum absolute atomic E-state index is 12.5. The van der Waals surface area contributed by atoms with Gasteiger partial charge in [-0.05, 0) is 32.8 Å². The van der Waals surface area contributed by atoms with Gasteiger partial charge in [0.25, 0.3) is 0 Å². The molecule has 0 heterocycles. The molecule has 0 N–H and O–H groups in total. The highest BCUT2D eigenvalue weighted by Gasteiger charge is 2.48. The summed E-state index contributed by atoms with van der Waals surface area (Å²) in [6, 6.07) is 13.0. The van der Waals surface area contributed by atoms with Crippen LogP contribution in [0.25, 0.3) is 0 Å². The molecule has 21 heavy (non-hydrogen) atoms. The molecule has 4 heteroatoms. The molecule has 0 aliphatic rings. The number of hydrogen-bond acceptors (Lipinski definition) is 4. The largest absolute Gasteiger partial charge is 0.459 e. The molecule has 2 atom stereocenters. The van der Waals surface area contributed by atoms with E-state index in [0.717, 1.165) is 0 Å². The second-order valence-electron chi connectivity index (χ2n) is 5.91. The summed E-state index contributed by atoms with van der Waals surface area (Å²) in [7, 11) is 0. The van der Waals surface area contributed by atoms with E-state index in [9.17, 15) is 15.3 Å². The zero-order valence-corrected chi connectivity index (χ0v) is 12.9. The third kappa shape index (κ3) is 3.61. The number of ether oxygens (including phenoxy) is 1. The smallest absolute Gasteiger partial charge is 0.328 e. The van der Waals surface area contributed by atoms with Crippen LogP contribution in [0.15, 0.2) is 30.3 Å². The van der Waals surface area contributed by atoms with E-state index in [1.807, 2.05) is 12.1 Å². The molecule has 0 spiro atoms. The summed E-state index contributed by atoms with van der Waals surface area (Å²) < 4.78 is 5.38. The Balaban J connectivity index is 3.30. The van der Waals surface area contributed by atoms with Gasteiger partial charge in [0.15, 0.2) is 5.41 Å². The predicted molar refractivity (Wildman–Crippen MR) is 79.0 cm³/mol. The van der Waals surface area contributed by atoms with Crippen LogP contribution < -0.4 is 0 Å². The van der Waals surface area contributed by atoms with Crippen molar-refractivity contribution in [2.75, 3.05) is 0 Å². The monoisotopic (exact) mass is 284 g/mol. The number of benzene rings is 1. The number of hydrogen-bond donors (Lipinski definition) is 0. The fourth-order valence-corrected chi connectivity index (χ4v) is 2.14. The quantitative estimate of drug-likeness (QED) is 0.792. The molecule has 0 aliphatic carbocycles. The summed E-state index contributed by atoms with van der Waals surface area (Å²) in [6.45, 7) is 6.95. The SMILES string of the molecule is CC[C@@](C#N)(C(=O)OC(C)(C)C)[C@H](C#N)c1ccccc1. The lowest BCUT2D eigenvalue weighted by atomic mass is 9.71. The van der Waals surface area contributed by atoms with Crippen LogP contribution in [0, 0.1) is 28.1 Å². The van der Waals surface area contributed by atoms with Gasteiger partial charge in [-0.1, -0.05) is 37.3 Å². The van der Waals surface area contributed by atoms with Gasteiger partial charge in [-0.15, -0.1) is 0 Å². The van der Waals surface area contributed by atoms with E-state index in [-0.39, 0.29) is 6.42 Å². The molecule has 0 unspecified atom stereocenters. The van der Waals surface area contributed by atoms with Crippen molar-refractivity contribution in [3.63, 3.8) is 0 Å². The normalized spacial score (nSPS) is 15.1. The van der Waals surface area contributed by atoms with E-state index in [2.05, 4.69) is 6.07 Å². The third-order valence-electron chi connectivity index (χ3n) is 3.28. The van der Waals surface area contributed by atoms with Gasteiger partial charge >= 0.3 is 5.97 Å². The molecule has 1 rings (SSSR count). The fraction of sp³-hybridized carbons (Fsp3) is 0.471. The molecule has 0 aliphatic heterocycles. The summed E-state index contributed by atoms with van der Waals surface area (Å²) in [4.78, 5) is 12.5. The van der Waals surface area contributed by atoms with Gasteiger partial charge in [-0.2, -0.15) is 10.5 Å². The number of carbonyl (C=O) groups is 1. The van der Waals surface area contributed by atoms with Gasteiger partial charge in [0.2, 0.25) is 0 Å². The summed E-state index contributed by atoms with van der Waals surface area (Å²) in [6.07, 6.45) is 0.214. The van der Waals surface area contributed by atoms with E-state index in [1.54, 1.807) is 52.0 Å². The molecule has 4 nitrogen and oxygen atoms in total. The van der Waals surface area contributed by atoms with Gasteiger partial charge < -0.3 is 4.74 Å². The summed E-state index contributed by atoms with van der Waals surface area (Å²) in [5.74, 6) is -1.50. The van der Waals surface area contributed by atoms with Crippen molar-refractivity contribution < 1.29 is 9.53 Å². The van der Waals surface area contributed by atoms with E-state index in [0.29, 0.717) is 5.56 Å². The van der Waals surface area contributed by atoms with Crippen LogP contribution >= 0.6 is 0 Å². The lowest BCUT2D eigenvalue weighted by molar-refractivity contribution is -0.165. The van der Waals surface area contributed by atoms with Crippen molar-refractivity contribution in [3.05, 3.63) is 35.9 Å². The minimum Gasteiger partial charge on any atom is -0.459 e. The van der Waals surface area contributed by atoms with Gasteiger partial charge in [-0.3, -0.25) is 4.79 Å². The Bertz CT molecular complexity index is 576. The molecule has 0 aromatic heterocycles. The molecule has 0 radical (unpaired) electrons. The summed E-state index contributed by atoms with van der Waals surface area (Å²) in [5.41, 5.74) is -1.55. The lowest BCUT2D eigenvalue weighted by Crippen LogP contribution is -2.40. The van der Waals surface area contributed by atoms with E-state index in [1.165, 1.54) is 0 Å². The van der Waals surface area contributed by atoms with Crippen LogP contribution in [-0.2, 0) is 9.53 Å². The van der Waals surface area contributed by atoms with Crippen LogP contribution in [0.4, 0.5) is 0 Å². The van der Waals surface area contributed by atoms with E-state index < -0.39 is 22.9 Å². The molecular formula is C17H20N2O2. The second-order valence-corrected chi connectivity index (χ2v) is 5.91. The van der Waals surface area contributed by atoms with Gasteiger partial charge in [0.05, 0.1) is 12.1 Å². The minimum atomic E-state index is -1.50. The Hall–Kier alpha value is -2.33. The zero-order chi connectivity index (χ0) is 16.1. The zero-order valence-electron chi connectivity index (χ0n) is 12.9. The molecule has 1 aromatic rings. The fourth-order valence-electron chi connectivity index (χ4n) is 2.14. The van der Waals surface area contributed by atoms with Crippen molar-refractivity contribution >= 4 is 5.97 Å². The van der Waals surface area contributed by atoms with E-state index in [4.69, 9.17) is 4.74 Å². The first-order valence-electron chi connectivity index (χ1n) is 6.90. The highest BCUT2D eigenvalue weighted by molar-refractivity contribution is 5.82. The van der Waals surface area contributed by atoms with Crippen LogP contribution in [0.5, 0.6) is 0 Å². The summed E-state index contributed by atoms with van der Waals surface area (Å²) >= 11 is 0. The van der Waals surface area contributed by atoms with Crippen molar-refractivity contribution in [2.24, 2.45) is 5.41 Å². The predicted octanol–water partition coefficient (Wildman–Crippen LogP) is 3.56. The maximum Gasteiger partial charge on any atom is 0.328 e. The first kappa shape index (κ1) is 16.7. The van der Waals surface area contributed by atoms with E-state index >= 15 is 0 Å². The first-order chi connectivity index (χ1) is 9.80. The Morgan fingerprint density at radius 1 is 1.24 bits per heavy atom. The van der Waals surface area contributed by atoms with Crippen LogP contribution in [0.1, 0.15) is 45.6 Å². The summed E-state index contributed by atoms with van der Waals surface area (Å²) in [5, 5.41) is 19.1. The van der Waals surface area contributed by atoms with Crippen molar-refractivity contribution in [2.45, 2.75) is 45.6 Å². The standard InChI is InChI=1S/C17H20N2O2/c1-5-17(12-19,15(20)21-16(2,3)4)14(11-18)13-9-7-6-8-10-13/h6-10,14H,5H2,1-4H3/t14-,17+/m1/s1. The molecule has 0 bridgehead atoms. The number of rotatable bonds is 4. The van der Waals surface area contributed by atoms with Gasteiger partial charge in [0.1, 0.15) is 11.5 Å². The highest BCUT2D eigenvalue weighted by Crippen LogP contribution is 2.40. The molecule has 0 fully saturated rings. The Labute approximate surface area is 126 Å². The molecule has 0 amide bonds. The third-order valence-corrected chi connectivity index (χ3v) is 3.28. The molecule has 110 valence electrons. The van der Waals surface area contributed by atoms with Crippen LogP contribution in [0.2, 0.25) is 0 Å². The maximum atomic E-state index is 12.5. The lowest BCUT2D eigenvalue weighted by Gasteiger charge is -2.31. The molecule has 0 saturated carbocycles. The Kier molecular flexibility index (Phi) is 5.11. The molecule has 1 aromatic carbocycles. The number of esters is 1. The van der Waals surface area contributed by atoms with Gasteiger partial charge in [-0.25, -0.2) is 0 Å². The number of carbonyl (C=O) groups excluding carboxylic acids is 1. The average Bonchev–Trinajstić information content (AvgIpc) is 2.43. The van der Waals surface area contributed by atoms with Crippen LogP contribution in [-0.4, -0.2) is 11.6 Å². The van der Waals surface area contributed by atoms with Crippen molar-refractivity contribution in [1.82, 2.24) is 0 Å². The first-order valence-corrected chi connectivity index (χ1v) is 6.90. The number of nitriles is 2. The molecule has 0 saturated heterocycles. The van der Waals surface area contributed by atoms with Gasteiger partial charge in [0, 0.05) is 0 Å². The number of nitrogens with zero attached hydrogens (tertiary/aromatic N) is 2. The van der Waals surface area contributed by atoms with Crippen molar-refractivity contribution in [3.8, 4) is 12.1 Å². The van der Waals surface area contributed by atoms with Crippen molar-refractivity contribution in [1.29, 1.82) is 10.5 Å². The molecular weight excluding hydrogens is 264 g/mol. The second kappa shape index (κ2) is 6.41. The Morgan fingerprint density at radius 3 is 2.19 bits per heavy atom. The van der Waals surface area contributed by atoms with Crippen LogP contribution in [0.3, 0.4) is 0 Å². The topological polar surface area (TPSA) is 73.9 Å². The minimum absolute atomic E-state index is 0.214. The Morgan fingerprint density at radius 2 is 1.81 bits per heavy atom. The average molecular weight is 284 g/mol. The highest BCUT2D eigenvalue weighted by atomic mass is 16.6.